The van der Waals surface area contributed by atoms with Gasteiger partial charge in [0.25, 0.3) is 5.56 Å². The fourth-order valence-electron chi connectivity index (χ4n) is 9.56. The van der Waals surface area contributed by atoms with Crippen molar-refractivity contribution in [1.29, 1.82) is 0 Å². The Kier molecular flexibility index (Phi) is 22.1. The minimum atomic E-state index is -4.36. The molecule has 2 unspecified atom stereocenters. The third kappa shape index (κ3) is 15.8. The van der Waals surface area contributed by atoms with Crippen molar-refractivity contribution in [2.75, 3.05) is 53.9 Å². The number of carbonyl (C=O) groups is 4. The van der Waals surface area contributed by atoms with E-state index in [2.05, 4.69) is 4.98 Å². The van der Waals surface area contributed by atoms with Crippen molar-refractivity contribution in [3.8, 4) is 11.5 Å². The second-order valence-electron chi connectivity index (χ2n) is 19.2. The molecule has 3 heterocycles. The number of benzene rings is 3. The van der Waals surface area contributed by atoms with Gasteiger partial charge in [0.15, 0.2) is 24.6 Å². The van der Waals surface area contributed by atoms with E-state index in [1.807, 2.05) is 107 Å². The van der Waals surface area contributed by atoms with Crippen LogP contribution in [0.15, 0.2) is 94.6 Å². The number of aryl methyl sites for hydroxylation is 1. The maximum Gasteiger partial charge on any atom is 0.409 e. The van der Waals surface area contributed by atoms with Crippen LogP contribution in [0, 0.1) is 6.92 Å². The van der Waals surface area contributed by atoms with Gasteiger partial charge in [-0.15, -0.1) is 0 Å². The van der Waals surface area contributed by atoms with E-state index in [9.17, 15) is 28.8 Å². The zero-order valence-electron chi connectivity index (χ0n) is 46.3. The minimum Gasteiger partial charge on any atom is -0.497 e. The molecule has 0 amide bonds. The number of carbonyl (C=O) groups excluding carboxylic acids is 4. The average molecular weight is 1130 g/mol. The molecule has 2 aliphatic heterocycles. The topological polar surface area (TPSA) is 263 Å². The number of hydrogen-bond donors (Lipinski definition) is 1. The summed E-state index contributed by atoms with van der Waals surface area (Å²) >= 11 is 0. The molecule has 0 bridgehead atoms. The number of methoxy groups -OCH3 is 2. The first-order valence-electron chi connectivity index (χ1n) is 25.8. The average Bonchev–Trinajstić information content (AvgIpc) is 3.85. The number of nitrogens with one attached hydrogen (secondary N) is 1. The van der Waals surface area contributed by atoms with Gasteiger partial charge in [0.05, 0.1) is 47.3 Å². The van der Waals surface area contributed by atoms with Crippen LogP contribution in [-0.2, 0) is 81.0 Å². The minimum absolute atomic E-state index is 0.0344. The standard InChI is InChI=1S/C55H72N3O20P/c1-33(2)58(34(3)4)79(65,72-28-26-68-25-27-69-53-51(75-39(9)62)50(74-38(8)61)49(73-37(7)60)47(77-53)31-70-36(6)59)78-45-29-48(57-30-35(5)52(63)56-54(57)64)76-46(45)32-71-55(40-15-13-12-14-16-40,41-17-21-43(66-10)22-18-41)42-19-23-44(67-11)24-20-42/h12-24,30,33-34,45-51,53H,25-29,31-32H2,1-11H3,(H,56,63,64)/t45?,46-,47-,48-,49+,50+,51-,53-,79?/m1/s1. The molecule has 0 radical (unpaired) electrons. The number of nitrogens with zero attached hydrogens (tertiary/aromatic N) is 2. The Hall–Kier alpha value is -6.27. The van der Waals surface area contributed by atoms with Crippen LogP contribution in [0.2, 0.25) is 0 Å². The van der Waals surface area contributed by atoms with Gasteiger partial charge in [0.2, 0.25) is 0 Å². The predicted octanol–water partition coefficient (Wildman–Crippen LogP) is 5.90. The van der Waals surface area contributed by atoms with Crippen molar-refractivity contribution in [2.45, 2.75) is 136 Å². The molecule has 2 aliphatic rings. The molecule has 6 rings (SSSR count). The number of hydrogen-bond acceptors (Lipinski definition) is 20. The van der Waals surface area contributed by atoms with E-state index in [-0.39, 0.29) is 45.0 Å². The Labute approximate surface area is 458 Å². The lowest BCUT2D eigenvalue weighted by Crippen LogP contribution is -2.63. The van der Waals surface area contributed by atoms with Crippen molar-refractivity contribution in [3.05, 3.63) is 128 Å². The van der Waals surface area contributed by atoms with Gasteiger partial charge in [-0.3, -0.25) is 42.6 Å². The van der Waals surface area contributed by atoms with Gasteiger partial charge < -0.3 is 52.1 Å². The lowest BCUT2D eigenvalue weighted by atomic mass is 9.80. The third-order valence-electron chi connectivity index (χ3n) is 12.8. The van der Waals surface area contributed by atoms with E-state index in [0.717, 1.165) is 44.4 Å². The molecule has 0 spiro atoms. The monoisotopic (exact) mass is 1130 g/mol. The van der Waals surface area contributed by atoms with Crippen LogP contribution in [0.4, 0.5) is 0 Å². The second kappa shape index (κ2) is 28.2. The number of ether oxygens (including phenoxy) is 11. The van der Waals surface area contributed by atoms with Crippen LogP contribution < -0.4 is 20.7 Å². The van der Waals surface area contributed by atoms with Gasteiger partial charge in [-0.2, -0.15) is 0 Å². The molecule has 0 saturated carbocycles. The van der Waals surface area contributed by atoms with E-state index in [4.69, 9.17) is 61.2 Å². The van der Waals surface area contributed by atoms with Crippen LogP contribution in [0.25, 0.3) is 0 Å². The van der Waals surface area contributed by atoms with Gasteiger partial charge in [-0.05, 0) is 75.6 Å². The summed E-state index contributed by atoms with van der Waals surface area (Å²) in [4.78, 5) is 76.9. The van der Waals surface area contributed by atoms with Crippen molar-refractivity contribution >= 4 is 31.6 Å². The van der Waals surface area contributed by atoms with Crippen LogP contribution >= 0.6 is 7.75 Å². The molecule has 3 aromatic carbocycles. The van der Waals surface area contributed by atoms with Crippen LogP contribution in [0.3, 0.4) is 0 Å². The summed E-state index contributed by atoms with van der Waals surface area (Å²) in [7, 11) is -1.20. The Bertz CT molecular complexity index is 2770. The van der Waals surface area contributed by atoms with Gasteiger partial charge in [0.1, 0.15) is 48.2 Å². The summed E-state index contributed by atoms with van der Waals surface area (Å²) in [5.74, 6) is -1.80. The van der Waals surface area contributed by atoms with E-state index in [0.29, 0.717) is 11.5 Å². The smallest absolute Gasteiger partial charge is 0.409 e. The highest BCUT2D eigenvalue weighted by Gasteiger charge is 2.53. The molecule has 432 valence electrons. The van der Waals surface area contributed by atoms with Gasteiger partial charge in [-0.1, -0.05) is 54.6 Å². The molecule has 2 saturated heterocycles. The first-order valence-corrected chi connectivity index (χ1v) is 27.3. The third-order valence-corrected chi connectivity index (χ3v) is 15.4. The predicted molar refractivity (Wildman–Crippen MR) is 282 cm³/mol. The van der Waals surface area contributed by atoms with Gasteiger partial charge >= 0.3 is 37.3 Å². The SMILES string of the molecule is COc1ccc(C(OC[C@H]2O[C@@H](n3cc(C)c(=O)[nH]c3=O)CC2OP(=O)(OCCOCCO[C@@H]2O[C@H](COC(C)=O)[C@H](OC(C)=O)[C@H](OC(C)=O)[C@H]2OC(C)=O)N(C(C)C)C(C)C)(c2ccccc2)c2ccc(OC)cc2)cc1. The molecule has 1 aromatic heterocycles. The normalized spacial score (nSPS) is 22.1. The molecular weight excluding hydrogens is 1050 g/mol. The quantitative estimate of drug-likeness (QED) is 0.0239. The molecule has 24 heteroatoms. The van der Waals surface area contributed by atoms with Gasteiger partial charge in [-0.25, -0.2) is 14.0 Å². The van der Waals surface area contributed by atoms with Gasteiger partial charge in [0, 0.05) is 58.0 Å². The molecule has 4 aromatic rings. The fourth-order valence-corrected chi connectivity index (χ4v) is 11.9. The van der Waals surface area contributed by atoms with Crippen molar-refractivity contribution < 1.29 is 84.9 Å². The summed E-state index contributed by atoms with van der Waals surface area (Å²) in [5.41, 5.74) is -0.127. The highest BCUT2D eigenvalue weighted by molar-refractivity contribution is 7.51. The van der Waals surface area contributed by atoms with E-state index in [1.165, 1.54) is 10.8 Å². The van der Waals surface area contributed by atoms with Crippen LogP contribution in [0.5, 0.6) is 11.5 Å². The second-order valence-corrected chi connectivity index (χ2v) is 21.1. The highest BCUT2D eigenvalue weighted by atomic mass is 31.2. The molecule has 23 nitrogen and oxygen atoms in total. The Morgan fingerprint density at radius 1 is 0.696 bits per heavy atom. The van der Waals surface area contributed by atoms with E-state index in [1.54, 1.807) is 25.8 Å². The summed E-state index contributed by atoms with van der Waals surface area (Å²) in [6.45, 7) is 12.0. The molecule has 2 fully saturated rings. The van der Waals surface area contributed by atoms with E-state index < -0.39 is 116 Å². The van der Waals surface area contributed by atoms with Crippen molar-refractivity contribution in [2.24, 2.45) is 0 Å². The number of esters is 4. The zero-order chi connectivity index (χ0) is 57.6. The summed E-state index contributed by atoms with van der Waals surface area (Å²) in [6, 6.07) is 23.7. The lowest BCUT2D eigenvalue weighted by molar-refractivity contribution is -0.309. The van der Waals surface area contributed by atoms with E-state index >= 15 is 4.57 Å². The largest absolute Gasteiger partial charge is 0.497 e. The molecule has 9 atom stereocenters. The van der Waals surface area contributed by atoms with Crippen LogP contribution in [0.1, 0.15) is 90.3 Å². The number of rotatable bonds is 27. The molecular formula is C55H72N3O20P. The first-order chi connectivity index (χ1) is 37.6. The number of aromatic nitrogens is 2. The fraction of sp³-hybridized carbons (Fsp3) is 0.527. The summed E-state index contributed by atoms with van der Waals surface area (Å²) in [5, 5.41) is 0. The first kappa shape index (κ1) is 61.9. The molecule has 79 heavy (non-hydrogen) atoms. The lowest BCUT2D eigenvalue weighted by Gasteiger charge is -2.44. The number of H-pyrrole nitrogens is 1. The van der Waals surface area contributed by atoms with Crippen LogP contribution in [-0.4, -0.2) is 147 Å². The zero-order valence-corrected chi connectivity index (χ0v) is 47.2. The summed E-state index contributed by atoms with van der Waals surface area (Å²) < 4.78 is 96.0. The number of aromatic amines is 1. The molecule has 1 N–H and O–H groups in total. The van der Waals surface area contributed by atoms with Crippen molar-refractivity contribution in [1.82, 2.24) is 14.2 Å². The highest BCUT2D eigenvalue weighted by Crippen LogP contribution is 2.57. The van der Waals surface area contributed by atoms with Crippen molar-refractivity contribution in [3.63, 3.8) is 0 Å². The Balaban J connectivity index is 1.26. The Morgan fingerprint density at radius 3 is 1.78 bits per heavy atom. The maximum absolute atomic E-state index is 15.6. The Morgan fingerprint density at radius 2 is 1.24 bits per heavy atom. The maximum atomic E-state index is 15.6. The summed E-state index contributed by atoms with van der Waals surface area (Å²) in [6.07, 6.45) is -8.64. The molecule has 0 aliphatic carbocycles.